The van der Waals surface area contributed by atoms with Gasteiger partial charge >= 0.3 is 6.18 Å². The molecule has 0 spiro atoms. The highest BCUT2D eigenvalue weighted by Gasteiger charge is 2.56. The van der Waals surface area contributed by atoms with Crippen molar-refractivity contribution in [2.75, 3.05) is 6.54 Å². The Hall–Kier alpha value is -1.07. The standard InChI is InChI=1S/C12H13F3N2/c13-12(14,15)7-3-1-6(2-4-7)11-9-8(5-17-11)10(9)16/h1-4,8-11,17H,5,16H2. The molecule has 1 aliphatic carbocycles. The molecule has 4 unspecified atom stereocenters. The fourth-order valence-corrected chi connectivity index (χ4v) is 2.79. The van der Waals surface area contributed by atoms with Gasteiger partial charge in [0.05, 0.1) is 5.56 Å². The van der Waals surface area contributed by atoms with Gasteiger partial charge in [0, 0.05) is 18.6 Å². The summed E-state index contributed by atoms with van der Waals surface area (Å²) in [5.74, 6) is 0.897. The molecular weight excluding hydrogens is 229 g/mol. The summed E-state index contributed by atoms with van der Waals surface area (Å²) in [5, 5.41) is 3.30. The van der Waals surface area contributed by atoms with Gasteiger partial charge in [0.1, 0.15) is 0 Å². The summed E-state index contributed by atoms with van der Waals surface area (Å²) in [7, 11) is 0. The van der Waals surface area contributed by atoms with Crippen LogP contribution in [0.4, 0.5) is 13.2 Å². The van der Waals surface area contributed by atoms with Gasteiger partial charge in [-0.1, -0.05) is 12.1 Å². The number of halogens is 3. The molecule has 5 heteroatoms. The van der Waals surface area contributed by atoms with Crippen LogP contribution >= 0.6 is 0 Å². The molecule has 92 valence electrons. The van der Waals surface area contributed by atoms with Crippen molar-refractivity contribution < 1.29 is 13.2 Å². The Morgan fingerprint density at radius 2 is 1.82 bits per heavy atom. The van der Waals surface area contributed by atoms with Crippen LogP contribution in [0.25, 0.3) is 0 Å². The molecule has 1 saturated heterocycles. The second-order valence-electron chi connectivity index (χ2n) is 4.82. The lowest BCUT2D eigenvalue weighted by molar-refractivity contribution is -0.137. The maximum absolute atomic E-state index is 12.4. The molecule has 2 nitrogen and oxygen atoms in total. The van der Waals surface area contributed by atoms with E-state index < -0.39 is 11.7 Å². The normalized spacial score (nSPS) is 35.8. The average Bonchev–Trinajstić information content (AvgIpc) is 2.76. The second-order valence-corrected chi connectivity index (χ2v) is 4.82. The van der Waals surface area contributed by atoms with Crippen LogP contribution in [0.2, 0.25) is 0 Å². The quantitative estimate of drug-likeness (QED) is 0.789. The highest BCUT2D eigenvalue weighted by atomic mass is 19.4. The van der Waals surface area contributed by atoms with E-state index in [1.165, 1.54) is 0 Å². The molecule has 1 heterocycles. The summed E-state index contributed by atoms with van der Waals surface area (Å²) in [5.41, 5.74) is 6.18. The zero-order valence-electron chi connectivity index (χ0n) is 9.04. The molecule has 3 rings (SSSR count). The molecule has 1 aromatic rings. The van der Waals surface area contributed by atoms with Crippen LogP contribution in [0.1, 0.15) is 17.2 Å². The molecule has 4 atom stereocenters. The third-order valence-corrected chi connectivity index (χ3v) is 3.85. The van der Waals surface area contributed by atoms with Crippen molar-refractivity contribution in [1.29, 1.82) is 0 Å². The van der Waals surface area contributed by atoms with Crippen molar-refractivity contribution >= 4 is 0 Å². The Morgan fingerprint density at radius 1 is 1.18 bits per heavy atom. The maximum Gasteiger partial charge on any atom is 0.416 e. The van der Waals surface area contributed by atoms with Gasteiger partial charge in [0.2, 0.25) is 0 Å². The van der Waals surface area contributed by atoms with Gasteiger partial charge in [-0.05, 0) is 29.5 Å². The minimum Gasteiger partial charge on any atom is -0.327 e. The molecule has 1 aliphatic heterocycles. The summed E-state index contributed by atoms with van der Waals surface area (Å²) >= 11 is 0. The number of hydrogen-bond acceptors (Lipinski definition) is 2. The fraction of sp³-hybridized carbons (Fsp3) is 0.500. The highest BCUT2D eigenvalue weighted by Crippen LogP contribution is 2.50. The average molecular weight is 242 g/mol. The van der Waals surface area contributed by atoms with Crippen molar-refractivity contribution in [3.05, 3.63) is 35.4 Å². The lowest BCUT2D eigenvalue weighted by atomic mass is 10.0. The van der Waals surface area contributed by atoms with Gasteiger partial charge in [0.25, 0.3) is 0 Å². The number of benzene rings is 1. The van der Waals surface area contributed by atoms with E-state index >= 15 is 0 Å². The van der Waals surface area contributed by atoms with Gasteiger partial charge < -0.3 is 11.1 Å². The molecule has 3 N–H and O–H groups in total. The minimum atomic E-state index is -4.26. The van der Waals surface area contributed by atoms with E-state index in [1.807, 2.05) is 0 Å². The maximum atomic E-state index is 12.4. The number of piperidine rings is 1. The van der Waals surface area contributed by atoms with Gasteiger partial charge in [-0.25, -0.2) is 0 Å². The Labute approximate surface area is 97.0 Å². The van der Waals surface area contributed by atoms with Crippen molar-refractivity contribution in [3.8, 4) is 0 Å². The fourth-order valence-electron chi connectivity index (χ4n) is 2.79. The number of alkyl halides is 3. The zero-order chi connectivity index (χ0) is 12.2. The summed E-state index contributed by atoms with van der Waals surface area (Å²) in [6, 6.07) is 5.71. The molecule has 1 aromatic carbocycles. The summed E-state index contributed by atoms with van der Waals surface area (Å²) < 4.78 is 37.2. The van der Waals surface area contributed by atoms with Gasteiger partial charge in [0.15, 0.2) is 0 Å². The molecule has 0 amide bonds. The van der Waals surface area contributed by atoms with Crippen molar-refractivity contribution in [2.45, 2.75) is 18.3 Å². The van der Waals surface area contributed by atoms with E-state index in [0.717, 1.165) is 24.2 Å². The first-order valence-electron chi connectivity index (χ1n) is 5.64. The first-order valence-corrected chi connectivity index (χ1v) is 5.64. The van der Waals surface area contributed by atoms with E-state index in [9.17, 15) is 13.2 Å². The van der Waals surface area contributed by atoms with Gasteiger partial charge in [-0.3, -0.25) is 0 Å². The van der Waals surface area contributed by atoms with E-state index in [4.69, 9.17) is 5.73 Å². The monoisotopic (exact) mass is 242 g/mol. The Balaban J connectivity index is 1.81. The molecule has 1 saturated carbocycles. The molecule has 2 fully saturated rings. The van der Waals surface area contributed by atoms with E-state index in [2.05, 4.69) is 5.32 Å². The lowest BCUT2D eigenvalue weighted by Crippen LogP contribution is -2.25. The summed E-state index contributed by atoms with van der Waals surface area (Å²) in [6.45, 7) is 0.873. The topological polar surface area (TPSA) is 38.0 Å². The highest BCUT2D eigenvalue weighted by molar-refractivity contribution is 5.31. The van der Waals surface area contributed by atoms with Crippen molar-refractivity contribution in [3.63, 3.8) is 0 Å². The smallest absolute Gasteiger partial charge is 0.327 e. The Morgan fingerprint density at radius 3 is 2.29 bits per heavy atom. The van der Waals surface area contributed by atoms with Crippen LogP contribution in [0, 0.1) is 11.8 Å². The SMILES string of the molecule is NC1C2CNC(c3ccc(C(F)(F)F)cc3)C12. The molecule has 0 aromatic heterocycles. The zero-order valence-corrected chi connectivity index (χ0v) is 9.04. The molecular formula is C12H13F3N2. The number of fused-ring (bicyclic) bond motifs is 1. The minimum absolute atomic E-state index is 0.122. The van der Waals surface area contributed by atoms with Crippen molar-refractivity contribution in [2.24, 2.45) is 17.6 Å². The van der Waals surface area contributed by atoms with Gasteiger partial charge in [-0.15, -0.1) is 0 Å². The van der Waals surface area contributed by atoms with Crippen LogP contribution in [-0.2, 0) is 6.18 Å². The first kappa shape index (κ1) is 11.0. The predicted octanol–water partition coefficient (Wildman–Crippen LogP) is 1.92. The number of hydrogen-bond donors (Lipinski definition) is 2. The van der Waals surface area contributed by atoms with E-state index in [0.29, 0.717) is 11.8 Å². The first-order chi connectivity index (χ1) is 7.98. The third kappa shape index (κ3) is 1.73. The summed E-state index contributed by atoms with van der Waals surface area (Å²) in [6.07, 6.45) is -4.26. The lowest BCUT2D eigenvalue weighted by Gasteiger charge is -2.16. The van der Waals surface area contributed by atoms with Crippen molar-refractivity contribution in [1.82, 2.24) is 5.32 Å². The molecule has 0 radical (unpaired) electrons. The molecule has 17 heavy (non-hydrogen) atoms. The second kappa shape index (κ2) is 3.46. The van der Waals surface area contributed by atoms with E-state index in [-0.39, 0.29) is 12.1 Å². The number of nitrogens with two attached hydrogens (primary N) is 1. The Bertz CT molecular complexity index is 426. The van der Waals surface area contributed by atoms with Crippen LogP contribution in [0.3, 0.4) is 0 Å². The largest absolute Gasteiger partial charge is 0.416 e. The van der Waals surface area contributed by atoms with Gasteiger partial charge in [-0.2, -0.15) is 13.2 Å². The van der Waals surface area contributed by atoms with Crippen LogP contribution < -0.4 is 11.1 Å². The molecule has 0 bridgehead atoms. The summed E-state index contributed by atoms with van der Waals surface area (Å²) in [4.78, 5) is 0. The number of nitrogens with one attached hydrogen (secondary N) is 1. The van der Waals surface area contributed by atoms with E-state index in [1.54, 1.807) is 12.1 Å². The predicted molar refractivity (Wildman–Crippen MR) is 57.1 cm³/mol. The third-order valence-electron chi connectivity index (χ3n) is 3.85. The number of rotatable bonds is 1. The molecule has 2 aliphatic rings. The Kier molecular flexibility index (Phi) is 2.25. The van der Waals surface area contributed by atoms with Crippen LogP contribution in [0.15, 0.2) is 24.3 Å². The van der Waals surface area contributed by atoms with Crippen LogP contribution in [0.5, 0.6) is 0 Å². The van der Waals surface area contributed by atoms with Crippen LogP contribution in [-0.4, -0.2) is 12.6 Å².